The van der Waals surface area contributed by atoms with E-state index in [0.29, 0.717) is 0 Å². The van der Waals surface area contributed by atoms with Gasteiger partial charge in [-0.25, -0.2) is 4.98 Å². The van der Waals surface area contributed by atoms with Crippen molar-refractivity contribution >= 4 is 22.7 Å². The molecule has 3 nitrogen and oxygen atoms in total. The molecule has 2 aliphatic rings. The fourth-order valence-corrected chi connectivity index (χ4v) is 4.40. The first-order valence-corrected chi connectivity index (χ1v) is 9.46. The van der Waals surface area contributed by atoms with E-state index < -0.39 is 0 Å². The average molecular weight is 325 g/mol. The van der Waals surface area contributed by atoms with Crippen molar-refractivity contribution in [3.63, 3.8) is 0 Å². The molecule has 0 bridgehead atoms. The second-order valence-electron chi connectivity index (χ2n) is 6.38. The third kappa shape index (κ3) is 3.33. The second kappa shape index (κ2) is 6.85. The average Bonchev–Trinajstić information content (AvgIpc) is 3.18. The summed E-state index contributed by atoms with van der Waals surface area (Å²) in [7, 11) is 0. The van der Waals surface area contributed by atoms with Gasteiger partial charge in [0.15, 0.2) is 0 Å². The lowest BCUT2D eigenvalue weighted by Gasteiger charge is -2.40. The Morgan fingerprint density at radius 1 is 1.09 bits per heavy atom. The number of anilines is 1. The van der Waals surface area contributed by atoms with Crippen LogP contribution in [0.4, 0.5) is 5.82 Å². The van der Waals surface area contributed by atoms with Crippen LogP contribution in [-0.4, -0.2) is 42.1 Å². The van der Waals surface area contributed by atoms with E-state index in [0.717, 1.165) is 38.0 Å². The van der Waals surface area contributed by atoms with Crippen LogP contribution in [0.2, 0.25) is 0 Å². The molecule has 1 saturated heterocycles. The van der Waals surface area contributed by atoms with Crippen LogP contribution in [0.25, 0.3) is 5.57 Å². The third-order valence-corrected chi connectivity index (χ3v) is 5.76. The van der Waals surface area contributed by atoms with E-state index in [9.17, 15) is 0 Å². The normalized spacial score (nSPS) is 22.9. The van der Waals surface area contributed by atoms with Gasteiger partial charge in [-0.2, -0.15) is 11.3 Å². The Hall–Kier alpha value is -1.65. The lowest BCUT2D eigenvalue weighted by atomic mass is 9.91. The van der Waals surface area contributed by atoms with Crippen LogP contribution < -0.4 is 4.90 Å². The number of hydrogen-bond acceptors (Lipinski definition) is 4. The molecular formula is C19H23N3S. The van der Waals surface area contributed by atoms with Crippen molar-refractivity contribution in [2.75, 3.05) is 31.1 Å². The highest BCUT2D eigenvalue weighted by Gasteiger charge is 2.25. The first-order valence-electron chi connectivity index (χ1n) is 8.52. The number of thiophene rings is 1. The molecule has 1 atom stereocenters. The quantitative estimate of drug-likeness (QED) is 0.853. The van der Waals surface area contributed by atoms with Crippen LogP contribution in [0.3, 0.4) is 0 Å². The van der Waals surface area contributed by atoms with Crippen molar-refractivity contribution in [3.8, 4) is 0 Å². The van der Waals surface area contributed by atoms with Gasteiger partial charge in [0, 0.05) is 38.4 Å². The number of nitrogens with zero attached hydrogens (tertiary/aromatic N) is 3. The van der Waals surface area contributed by atoms with Crippen molar-refractivity contribution in [1.29, 1.82) is 0 Å². The molecule has 0 N–H and O–H groups in total. The number of rotatable bonds is 3. The highest BCUT2D eigenvalue weighted by Crippen LogP contribution is 2.31. The van der Waals surface area contributed by atoms with Crippen molar-refractivity contribution in [2.45, 2.75) is 25.3 Å². The largest absolute Gasteiger partial charge is 0.354 e. The maximum atomic E-state index is 4.48. The minimum atomic E-state index is 0.725. The summed E-state index contributed by atoms with van der Waals surface area (Å²) in [5, 5.41) is 4.46. The Kier molecular flexibility index (Phi) is 4.44. The van der Waals surface area contributed by atoms with Crippen LogP contribution in [0, 0.1) is 0 Å². The van der Waals surface area contributed by atoms with Crippen LogP contribution in [0.5, 0.6) is 0 Å². The van der Waals surface area contributed by atoms with Gasteiger partial charge in [-0.3, -0.25) is 4.90 Å². The van der Waals surface area contributed by atoms with Gasteiger partial charge in [-0.1, -0.05) is 12.1 Å². The molecule has 1 unspecified atom stereocenters. The van der Waals surface area contributed by atoms with E-state index in [1.165, 1.54) is 24.8 Å². The molecule has 1 fully saturated rings. The van der Waals surface area contributed by atoms with E-state index in [2.05, 4.69) is 49.8 Å². The first kappa shape index (κ1) is 14.9. The predicted molar refractivity (Wildman–Crippen MR) is 98.0 cm³/mol. The van der Waals surface area contributed by atoms with E-state index in [4.69, 9.17) is 0 Å². The van der Waals surface area contributed by atoms with Gasteiger partial charge >= 0.3 is 0 Å². The summed E-state index contributed by atoms with van der Waals surface area (Å²) in [6.45, 7) is 4.50. The van der Waals surface area contributed by atoms with Gasteiger partial charge in [-0.05, 0) is 59.4 Å². The molecular weight excluding hydrogens is 302 g/mol. The fourth-order valence-electron chi connectivity index (χ4n) is 3.72. The molecule has 3 heterocycles. The summed E-state index contributed by atoms with van der Waals surface area (Å²) in [4.78, 5) is 9.57. The minimum Gasteiger partial charge on any atom is -0.354 e. The molecule has 0 spiro atoms. The van der Waals surface area contributed by atoms with E-state index >= 15 is 0 Å². The summed E-state index contributed by atoms with van der Waals surface area (Å²) >= 11 is 1.80. The zero-order valence-corrected chi connectivity index (χ0v) is 14.2. The first-order chi connectivity index (χ1) is 11.4. The summed E-state index contributed by atoms with van der Waals surface area (Å²) in [5.41, 5.74) is 2.99. The molecule has 0 amide bonds. The summed E-state index contributed by atoms with van der Waals surface area (Å²) in [6, 6.07) is 9.16. The molecule has 0 radical (unpaired) electrons. The fraction of sp³-hybridized carbons (Fsp3) is 0.421. The van der Waals surface area contributed by atoms with Gasteiger partial charge in [-0.15, -0.1) is 0 Å². The molecule has 23 heavy (non-hydrogen) atoms. The second-order valence-corrected chi connectivity index (χ2v) is 7.16. The SMILES string of the molecule is C1=C(c2ccsc2)CCC(N2CCN(c3ccccn3)CC2)C1. The number of allylic oxidation sites excluding steroid dienone is 1. The minimum absolute atomic E-state index is 0.725. The Bertz CT molecular complexity index is 643. The Morgan fingerprint density at radius 2 is 2.00 bits per heavy atom. The molecule has 1 aliphatic heterocycles. The van der Waals surface area contributed by atoms with Gasteiger partial charge in [0.2, 0.25) is 0 Å². The maximum absolute atomic E-state index is 4.48. The van der Waals surface area contributed by atoms with Crippen molar-refractivity contribution < 1.29 is 0 Å². The van der Waals surface area contributed by atoms with Crippen LogP contribution in [0.1, 0.15) is 24.8 Å². The van der Waals surface area contributed by atoms with Crippen molar-refractivity contribution in [3.05, 3.63) is 52.9 Å². The molecule has 0 saturated carbocycles. The monoisotopic (exact) mass is 325 g/mol. The van der Waals surface area contributed by atoms with Gasteiger partial charge < -0.3 is 4.90 Å². The molecule has 2 aromatic rings. The smallest absolute Gasteiger partial charge is 0.128 e. The molecule has 4 rings (SSSR count). The maximum Gasteiger partial charge on any atom is 0.128 e. The van der Waals surface area contributed by atoms with Crippen LogP contribution in [0.15, 0.2) is 47.3 Å². The zero-order chi connectivity index (χ0) is 15.5. The number of aromatic nitrogens is 1. The topological polar surface area (TPSA) is 19.4 Å². The molecule has 4 heteroatoms. The number of hydrogen-bond donors (Lipinski definition) is 0. The third-order valence-electron chi connectivity index (χ3n) is 5.08. The van der Waals surface area contributed by atoms with Crippen molar-refractivity contribution in [1.82, 2.24) is 9.88 Å². The van der Waals surface area contributed by atoms with E-state index in [1.54, 1.807) is 16.9 Å². The van der Waals surface area contributed by atoms with Crippen LogP contribution in [-0.2, 0) is 0 Å². The summed E-state index contributed by atoms with van der Waals surface area (Å²) in [5.74, 6) is 1.12. The number of piperazine rings is 1. The van der Waals surface area contributed by atoms with Gasteiger partial charge in [0.05, 0.1) is 0 Å². The number of pyridine rings is 1. The standard InChI is InChI=1S/C19H23N3S/c1-2-9-20-19(3-1)22-12-10-21(11-13-22)18-6-4-16(5-7-18)17-8-14-23-15-17/h1-4,8-9,14-15,18H,5-7,10-13H2. The lowest BCUT2D eigenvalue weighted by Crippen LogP contribution is -2.50. The zero-order valence-electron chi connectivity index (χ0n) is 13.4. The van der Waals surface area contributed by atoms with Crippen LogP contribution >= 0.6 is 11.3 Å². The summed E-state index contributed by atoms with van der Waals surface area (Å²) in [6.07, 6.45) is 8.09. The van der Waals surface area contributed by atoms with E-state index in [-0.39, 0.29) is 0 Å². The molecule has 1 aliphatic carbocycles. The predicted octanol–water partition coefficient (Wildman–Crippen LogP) is 3.90. The van der Waals surface area contributed by atoms with Gasteiger partial charge in [0.25, 0.3) is 0 Å². The summed E-state index contributed by atoms with van der Waals surface area (Å²) < 4.78 is 0. The van der Waals surface area contributed by atoms with E-state index in [1.807, 2.05) is 12.3 Å². The molecule has 120 valence electrons. The van der Waals surface area contributed by atoms with Crippen molar-refractivity contribution in [2.24, 2.45) is 0 Å². The highest BCUT2D eigenvalue weighted by atomic mass is 32.1. The highest BCUT2D eigenvalue weighted by molar-refractivity contribution is 7.08. The lowest BCUT2D eigenvalue weighted by molar-refractivity contribution is 0.175. The molecule has 0 aromatic carbocycles. The van der Waals surface area contributed by atoms with Gasteiger partial charge in [0.1, 0.15) is 5.82 Å². The Balaban J connectivity index is 1.33. The Morgan fingerprint density at radius 3 is 2.65 bits per heavy atom. The Labute approximate surface area is 142 Å². The molecule has 2 aromatic heterocycles.